The van der Waals surface area contributed by atoms with Gasteiger partial charge in [-0.3, -0.25) is 9.59 Å². The highest BCUT2D eigenvalue weighted by Crippen LogP contribution is 2.31. The maximum Gasteiger partial charge on any atom is 0.233 e. The second-order valence-corrected chi connectivity index (χ2v) is 8.07. The van der Waals surface area contributed by atoms with Crippen molar-refractivity contribution in [3.8, 4) is 0 Å². The predicted octanol–water partition coefficient (Wildman–Crippen LogP) is 2.12. The number of hydrogen-bond donors (Lipinski definition) is 1. The second kappa shape index (κ2) is 7.50. The molecule has 1 fully saturated rings. The molecule has 2 amide bonds. The minimum atomic E-state index is -0.0914. The van der Waals surface area contributed by atoms with Crippen LogP contribution in [-0.4, -0.2) is 65.6 Å². The lowest BCUT2D eigenvalue weighted by Crippen LogP contribution is -2.47. The van der Waals surface area contributed by atoms with Crippen LogP contribution in [0.3, 0.4) is 0 Å². The van der Waals surface area contributed by atoms with Gasteiger partial charge in [0.1, 0.15) is 0 Å². The first-order chi connectivity index (χ1) is 11.5. The predicted molar refractivity (Wildman–Crippen MR) is 98.7 cm³/mol. The normalized spacial score (nSPS) is 15.7. The summed E-state index contributed by atoms with van der Waals surface area (Å²) in [6, 6.07) is 5.65. The molecule has 0 aliphatic carbocycles. The first-order valence-corrected chi connectivity index (χ1v) is 9.59. The number of rotatable bonds is 4. The molecule has 1 N–H and O–H groups in total. The molecule has 1 aliphatic rings. The topological polar surface area (TPSA) is 65.5 Å². The summed E-state index contributed by atoms with van der Waals surface area (Å²) in [5, 5.41) is 2.77. The SMILES string of the molecule is CC(=O)Nc1ccc2nc(SCC(=O)N3CCN(C)CC3)sc2c1. The van der Waals surface area contributed by atoms with E-state index < -0.39 is 0 Å². The summed E-state index contributed by atoms with van der Waals surface area (Å²) in [5.41, 5.74) is 1.66. The molecule has 0 radical (unpaired) electrons. The monoisotopic (exact) mass is 364 g/mol. The number of carbonyl (C=O) groups excluding carboxylic acids is 2. The molecule has 0 bridgehead atoms. The minimum Gasteiger partial charge on any atom is -0.339 e. The number of benzene rings is 1. The quantitative estimate of drug-likeness (QED) is 0.842. The number of aromatic nitrogens is 1. The van der Waals surface area contributed by atoms with Crippen LogP contribution in [0.1, 0.15) is 6.92 Å². The molecule has 1 aliphatic heterocycles. The fourth-order valence-electron chi connectivity index (χ4n) is 2.52. The van der Waals surface area contributed by atoms with Gasteiger partial charge in [-0.1, -0.05) is 11.8 Å². The van der Waals surface area contributed by atoms with Crippen molar-refractivity contribution in [2.24, 2.45) is 0 Å². The van der Waals surface area contributed by atoms with E-state index >= 15 is 0 Å². The smallest absolute Gasteiger partial charge is 0.233 e. The van der Waals surface area contributed by atoms with Crippen LogP contribution >= 0.6 is 23.1 Å². The van der Waals surface area contributed by atoms with Crippen LogP contribution in [0.5, 0.6) is 0 Å². The molecule has 24 heavy (non-hydrogen) atoms. The Morgan fingerprint density at radius 2 is 2.04 bits per heavy atom. The van der Waals surface area contributed by atoms with Crippen molar-refractivity contribution in [2.45, 2.75) is 11.3 Å². The van der Waals surface area contributed by atoms with Crippen molar-refractivity contribution in [1.82, 2.24) is 14.8 Å². The number of fused-ring (bicyclic) bond motifs is 1. The molecule has 0 atom stereocenters. The summed E-state index contributed by atoms with van der Waals surface area (Å²) in [6.07, 6.45) is 0. The van der Waals surface area contributed by atoms with E-state index in [1.165, 1.54) is 18.7 Å². The standard InChI is InChI=1S/C16H20N4O2S2/c1-11(21)17-12-3-4-13-14(9-12)24-16(18-13)23-10-15(22)20-7-5-19(2)6-8-20/h3-4,9H,5-8,10H2,1-2H3,(H,17,21). The number of nitrogens with one attached hydrogen (secondary N) is 1. The molecule has 0 spiro atoms. The van der Waals surface area contributed by atoms with Gasteiger partial charge in [-0.2, -0.15) is 0 Å². The van der Waals surface area contributed by atoms with Crippen molar-refractivity contribution >= 4 is 50.8 Å². The van der Waals surface area contributed by atoms with Gasteiger partial charge in [-0.05, 0) is 25.2 Å². The van der Waals surface area contributed by atoms with Crippen molar-refractivity contribution in [1.29, 1.82) is 0 Å². The number of nitrogens with zero attached hydrogens (tertiary/aromatic N) is 3. The van der Waals surface area contributed by atoms with Crippen LogP contribution in [-0.2, 0) is 9.59 Å². The fourth-order valence-corrected chi connectivity index (χ4v) is 4.53. The largest absolute Gasteiger partial charge is 0.339 e. The van der Waals surface area contributed by atoms with Gasteiger partial charge in [0, 0.05) is 38.8 Å². The average Bonchev–Trinajstić information content (AvgIpc) is 2.95. The zero-order chi connectivity index (χ0) is 17.1. The van der Waals surface area contributed by atoms with Crippen molar-refractivity contribution in [3.05, 3.63) is 18.2 Å². The van der Waals surface area contributed by atoms with Crippen LogP contribution in [0, 0.1) is 0 Å². The van der Waals surface area contributed by atoms with Gasteiger partial charge in [0.2, 0.25) is 11.8 Å². The summed E-state index contributed by atoms with van der Waals surface area (Å²) in [5.74, 6) is 0.500. The third-order valence-corrected chi connectivity index (χ3v) is 6.01. The van der Waals surface area contributed by atoms with Crippen LogP contribution in [0.15, 0.2) is 22.5 Å². The third kappa shape index (κ3) is 4.25. The van der Waals surface area contributed by atoms with Crippen molar-refractivity contribution < 1.29 is 9.59 Å². The fraction of sp³-hybridized carbons (Fsp3) is 0.438. The molecular weight excluding hydrogens is 344 g/mol. The number of thiazole rings is 1. The van der Waals surface area contributed by atoms with Crippen LogP contribution in [0.25, 0.3) is 10.2 Å². The maximum atomic E-state index is 12.3. The second-order valence-electron chi connectivity index (χ2n) is 5.82. The van der Waals surface area contributed by atoms with E-state index in [1.54, 1.807) is 11.3 Å². The van der Waals surface area contributed by atoms with Crippen molar-refractivity contribution in [3.63, 3.8) is 0 Å². The van der Waals surface area contributed by atoms with Gasteiger partial charge in [-0.25, -0.2) is 4.98 Å². The van der Waals surface area contributed by atoms with Gasteiger partial charge in [0.25, 0.3) is 0 Å². The maximum absolute atomic E-state index is 12.3. The van der Waals surface area contributed by atoms with E-state index in [0.717, 1.165) is 46.4 Å². The van der Waals surface area contributed by atoms with E-state index in [-0.39, 0.29) is 11.8 Å². The molecule has 2 aromatic rings. The third-order valence-electron chi connectivity index (χ3n) is 3.86. The number of hydrogen-bond acceptors (Lipinski definition) is 6. The summed E-state index contributed by atoms with van der Waals surface area (Å²) < 4.78 is 1.89. The molecule has 1 aromatic heterocycles. The number of thioether (sulfide) groups is 1. The van der Waals surface area contributed by atoms with E-state index in [2.05, 4.69) is 22.2 Å². The molecule has 6 nitrogen and oxygen atoms in total. The number of amides is 2. The Morgan fingerprint density at radius 3 is 2.75 bits per heavy atom. The first kappa shape index (κ1) is 17.2. The van der Waals surface area contributed by atoms with Gasteiger partial charge in [-0.15, -0.1) is 11.3 Å². The Labute approximate surface area is 149 Å². The first-order valence-electron chi connectivity index (χ1n) is 7.78. The molecule has 0 unspecified atom stereocenters. The molecule has 1 aromatic carbocycles. The number of carbonyl (C=O) groups is 2. The lowest BCUT2D eigenvalue weighted by Gasteiger charge is -2.32. The molecule has 3 rings (SSSR count). The average molecular weight is 364 g/mol. The Hall–Kier alpha value is -1.64. The Bertz CT molecular complexity index is 754. The summed E-state index contributed by atoms with van der Waals surface area (Å²) in [4.78, 5) is 32.1. The zero-order valence-corrected chi connectivity index (χ0v) is 15.4. The molecule has 0 saturated carbocycles. The Balaban J connectivity index is 1.60. The zero-order valence-electron chi connectivity index (χ0n) is 13.7. The van der Waals surface area contributed by atoms with Gasteiger partial charge in [0.05, 0.1) is 16.0 Å². The van der Waals surface area contributed by atoms with Crippen LogP contribution in [0.2, 0.25) is 0 Å². The summed E-state index contributed by atoms with van der Waals surface area (Å²) >= 11 is 3.03. The van der Waals surface area contributed by atoms with Crippen molar-refractivity contribution in [2.75, 3.05) is 44.3 Å². The molecule has 1 saturated heterocycles. The number of likely N-dealkylation sites (N-methyl/N-ethyl adjacent to an activating group) is 1. The van der Waals surface area contributed by atoms with E-state index in [9.17, 15) is 9.59 Å². The van der Waals surface area contributed by atoms with Crippen LogP contribution in [0.4, 0.5) is 5.69 Å². The summed E-state index contributed by atoms with van der Waals surface area (Å²) in [7, 11) is 2.08. The van der Waals surface area contributed by atoms with Gasteiger partial charge in [0.15, 0.2) is 4.34 Å². The highest BCUT2D eigenvalue weighted by atomic mass is 32.2. The lowest BCUT2D eigenvalue weighted by atomic mass is 10.3. The Morgan fingerprint density at radius 1 is 1.29 bits per heavy atom. The molecular formula is C16H20N4O2S2. The Kier molecular flexibility index (Phi) is 5.37. The van der Waals surface area contributed by atoms with Crippen LogP contribution < -0.4 is 5.32 Å². The van der Waals surface area contributed by atoms with E-state index in [1.807, 2.05) is 23.1 Å². The highest BCUT2D eigenvalue weighted by Gasteiger charge is 2.19. The highest BCUT2D eigenvalue weighted by molar-refractivity contribution is 8.01. The van der Waals surface area contributed by atoms with Gasteiger partial charge < -0.3 is 15.1 Å². The van der Waals surface area contributed by atoms with Gasteiger partial charge >= 0.3 is 0 Å². The molecule has 2 heterocycles. The minimum absolute atomic E-state index is 0.0914. The number of piperazine rings is 1. The molecule has 128 valence electrons. The molecule has 8 heteroatoms. The lowest BCUT2D eigenvalue weighted by molar-refractivity contribution is -0.129. The summed E-state index contributed by atoms with van der Waals surface area (Å²) in [6.45, 7) is 4.96. The number of anilines is 1. The van der Waals surface area contributed by atoms with E-state index in [0.29, 0.717) is 5.75 Å². The van der Waals surface area contributed by atoms with E-state index in [4.69, 9.17) is 0 Å².